The van der Waals surface area contributed by atoms with Crippen LogP contribution in [0, 0.1) is 0 Å². The summed E-state index contributed by atoms with van der Waals surface area (Å²) in [5, 5.41) is 9.69. The minimum atomic E-state index is -0.0824. The highest BCUT2D eigenvalue weighted by atomic mass is 35.5. The van der Waals surface area contributed by atoms with E-state index in [1.165, 1.54) is 0 Å². The van der Waals surface area contributed by atoms with Gasteiger partial charge in [-0.3, -0.25) is 0 Å². The first-order valence-corrected chi connectivity index (χ1v) is 5.66. The maximum Gasteiger partial charge on any atom is 0.143 e. The fourth-order valence-corrected chi connectivity index (χ4v) is 1.76. The SMILES string of the molecule is OCc1cccc(Cl)c1OCCn1ccnc1. The van der Waals surface area contributed by atoms with Crippen LogP contribution < -0.4 is 4.74 Å². The first-order valence-electron chi connectivity index (χ1n) is 5.28. The van der Waals surface area contributed by atoms with Crippen molar-refractivity contribution in [2.75, 3.05) is 6.61 Å². The summed E-state index contributed by atoms with van der Waals surface area (Å²) < 4.78 is 7.50. The molecule has 0 saturated heterocycles. The van der Waals surface area contributed by atoms with E-state index in [9.17, 15) is 5.11 Å². The van der Waals surface area contributed by atoms with Gasteiger partial charge in [0.15, 0.2) is 0 Å². The van der Waals surface area contributed by atoms with Gasteiger partial charge < -0.3 is 14.4 Å². The van der Waals surface area contributed by atoms with Gasteiger partial charge in [-0.1, -0.05) is 23.7 Å². The van der Waals surface area contributed by atoms with Gasteiger partial charge in [0.1, 0.15) is 12.4 Å². The Morgan fingerprint density at radius 3 is 3.00 bits per heavy atom. The van der Waals surface area contributed by atoms with Crippen molar-refractivity contribution in [3.05, 3.63) is 47.5 Å². The third kappa shape index (κ3) is 2.99. The molecule has 0 radical (unpaired) electrons. The van der Waals surface area contributed by atoms with Crippen molar-refractivity contribution < 1.29 is 9.84 Å². The van der Waals surface area contributed by atoms with Crippen molar-refractivity contribution in [2.45, 2.75) is 13.2 Å². The molecule has 0 bridgehead atoms. The molecular formula is C12H13ClN2O2. The Kier molecular flexibility index (Phi) is 4.01. The lowest BCUT2D eigenvalue weighted by atomic mass is 10.2. The fourth-order valence-electron chi connectivity index (χ4n) is 1.51. The average molecular weight is 253 g/mol. The van der Waals surface area contributed by atoms with Gasteiger partial charge in [-0.25, -0.2) is 4.98 Å². The van der Waals surface area contributed by atoms with Crippen LogP contribution in [0.25, 0.3) is 0 Å². The minimum Gasteiger partial charge on any atom is -0.490 e. The van der Waals surface area contributed by atoms with Gasteiger partial charge in [0, 0.05) is 18.0 Å². The van der Waals surface area contributed by atoms with E-state index < -0.39 is 0 Å². The lowest BCUT2D eigenvalue weighted by Gasteiger charge is -2.11. The first kappa shape index (κ1) is 12.0. The number of aliphatic hydroxyl groups is 1. The van der Waals surface area contributed by atoms with Crippen LogP contribution in [-0.2, 0) is 13.2 Å². The molecule has 2 aromatic rings. The molecular weight excluding hydrogens is 240 g/mol. The molecule has 2 rings (SSSR count). The third-order valence-electron chi connectivity index (χ3n) is 2.37. The van der Waals surface area contributed by atoms with Crippen LogP contribution in [0.5, 0.6) is 5.75 Å². The molecule has 0 amide bonds. The Labute approximate surface area is 104 Å². The molecule has 0 unspecified atom stereocenters. The maximum atomic E-state index is 9.17. The maximum absolute atomic E-state index is 9.17. The van der Waals surface area contributed by atoms with Crippen LogP contribution in [0.1, 0.15) is 5.56 Å². The minimum absolute atomic E-state index is 0.0824. The predicted octanol–water partition coefficient (Wildman–Crippen LogP) is 2.11. The number of benzene rings is 1. The summed E-state index contributed by atoms with van der Waals surface area (Å²) >= 11 is 6.01. The second kappa shape index (κ2) is 5.70. The van der Waals surface area contributed by atoms with Crippen LogP contribution in [0.15, 0.2) is 36.9 Å². The zero-order chi connectivity index (χ0) is 12.1. The van der Waals surface area contributed by atoms with Crippen molar-refractivity contribution in [3.63, 3.8) is 0 Å². The normalized spacial score (nSPS) is 10.5. The highest BCUT2D eigenvalue weighted by Gasteiger charge is 2.07. The van der Waals surface area contributed by atoms with Gasteiger partial charge in [-0.05, 0) is 6.07 Å². The monoisotopic (exact) mass is 252 g/mol. The van der Waals surface area contributed by atoms with E-state index in [4.69, 9.17) is 16.3 Å². The Hall–Kier alpha value is -1.52. The number of imidazole rings is 1. The average Bonchev–Trinajstić information content (AvgIpc) is 2.84. The van der Waals surface area contributed by atoms with E-state index in [2.05, 4.69) is 4.98 Å². The molecule has 0 aliphatic carbocycles. The van der Waals surface area contributed by atoms with Gasteiger partial charge in [-0.15, -0.1) is 0 Å². The quantitative estimate of drug-likeness (QED) is 0.887. The number of nitrogens with zero attached hydrogens (tertiary/aromatic N) is 2. The number of para-hydroxylation sites is 1. The number of hydrogen-bond donors (Lipinski definition) is 1. The molecule has 1 N–H and O–H groups in total. The van der Waals surface area contributed by atoms with Crippen molar-refractivity contribution in [2.24, 2.45) is 0 Å². The summed E-state index contributed by atoms with van der Waals surface area (Å²) in [4.78, 5) is 3.94. The second-order valence-electron chi connectivity index (χ2n) is 3.54. The molecule has 0 aliphatic rings. The van der Waals surface area contributed by atoms with Crippen LogP contribution in [0.2, 0.25) is 5.02 Å². The predicted molar refractivity (Wildman–Crippen MR) is 65.1 cm³/mol. The Bertz CT molecular complexity index is 471. The summed E-state index contributed by atoms with van der Waals surface area (Å²) in [5.74, 6) is 0.553. The number of halogens is 1. The zero-order valence-corrected chi connectivity index (χ0v) is 9.97. The van der Waals surface area contributed by atoms with E-state index in [1.807, 2.05) is 10.8 Å². The molecule has 90 valence electrons. The number of ether oxygens (including phenoxy) is 1. The molecule has 0 atom stereocenters. The molecule has 1 heterocycles. The Morgan fingerprint density at radius 2 is 2.29 bits per heavy atom. The summed E-state index contributed by atoms with van der Waals surface area (Å²) in [6.45, 7) is 1.09. The van der Waals surface area contributed by atoms with Gasteiger partial charge in [0.05, 0.1) is 24.5 Å². The topological polar surface area (TPSA) is 47.3 Å². The molecule has 0 spiro atoms. The standard InChI is InChI=1S/C12H13ClN2O2/c13-11-3-1-2-10(8-16)12(11)17-7-6-15-5-4-14-9-15/h1-5,9,16H,6-8H2. The van der Waals surface area contributed by atoms with Gasteiger partial charge >= 0.3 is 0 Å². The van der Waals surface area contributed by atoms with Crippen LogP contribution in [-0.4, -0.2) is 21.3 Å². The summed E-state index contributed by atoms with van der Waals surface area (Å²) in [5.41, 5.74) is 0.697. The van der Waals surface area contributed by atoms with Crippen molar-refractivity contribution in [1.29, 1.82) is 0 Å². The van der Waals surface area contributed by atoms with E-state index in [0.29, 0.717) is 29.5 Å². The third-order valence-corrected chi connectivity index (χ3v) is 2.67. The van der Waals surface area contributed by atoms with E-state index in [0.717, 1.165) is 0 Å². The summed E-state index contributed by atoms with van der Waals surface area (Å²) in [6.07, 6.45) is 5.31. The molecule has 17 heavy (non-hydrogen) atoms. The molecule has 5 heteroatoms. The zero-order valence-electron chi connectivity index (χ0n) is 9.21. The second-order valence-corrected chi connectivity index (χ2v) is 3.94. The lowest BCUT2D eigenvalue weighted by Crippen LogP contribution is -2.08. The van der Waals surface area contributed by atoms with E-state index in [-0.39, 0.29) is 6.61 Å². The number of aromatic nitrogens is 2. The molecule has 1 aromatic heterocycles. The van der Waals surface area contributed by atoms with E-state index >= 15 is 0 Å². The molecule has 0 aliphatic heterocycles. The van der Waals surface area contributed by atoms with Crippen LogP contribution in [0.3, 0.4) is 0 Å². The van der Waals surface area contributed by atoms with Gasteiger partial charge in [0.2, 0.25) is 0 Å². The van der Waals surface area contributed by atoms with Crippen molar-refractivity contribution in [1.82, 2.24) is 9.55 Å². The summed E-state index contributed by atoms with van der Waals surface area (Å²) in [6, 6.07) is 5.32. The van der Waals surface area contributed by atoms with Crippen molar-refractivity contribution >= 4 is 11.6 Å². The Balaban J connectivity index is 1.98. The van der Waals surface area contributed by atoms with Gasteiger partial charge in [-0.2, -0.15) is 0 Å². The van der Waals surface area contributed by atoms with E-state index in [1.54, 1.807) is 30.7 Å². The fraction of sp³-hybridized carbons (Fsp3) is 0.250. The molecule has 0 saturated carbocycles. The first-order chi connectivity index (χ1) is 8.31. The largest absolute Gasteiger partial charge is 0.490 e. The van der Waals surface area contributed by atoms with Gasteiger partial charge in [0.25, 0.3) is 0 Å². The van der Waals surface area contributed by atoms with Crippen molar-refractivity contribution in [3.8, 4) is 5.75 Å². The number of aliphatic hydroxyl groups excluding tert-OH is 1. The molecule has 1 aromatic carbocycles. The smallest absolute Gasteiger partial charge is 0.143 e. The number of hydrogen-bond acceptors (Lipinski definition) is 3. The van der Waals surface area contributed by atoms with Crippen LogP contribution >= 0.6 is 11.6 Å². The lowest BCUT2D eigenvalue weighted by molar-refractivity contribution is 0.258. The summed E-state index contributed by atoms with van der Waals surface area (Å²) in [7, 11) is 0. The highest BCUT2D eigenvalue weighted by Crippen LogP contribution is 2.28. The Morgan fingerprint density at radius 1 is 1.41 bits per heavy atom. The van der Waals surface area contributed by atoms with Crippen LogP contribution in [0.4, 0.5) is 0 Å². The highest BCUT2D eigenvalue weighted by molar-refractivity contribution is 6.32. The molecule has 4 nitrogen and oxygen atoms in total. The molecule has 0 fully saturated rings. The number of rotatable bonds is 5.